The SMILES string of the molecule is O=C1C(=Cc2c(Sc3ccc(Cl)cc3)nc3ccccn3c2=O)SC(=S)N1Cc1ccc2c(c1)OCO2. The number of nitrogens with zero attached hydrogens (tertiary/aromatic N) is 3. The molecule has 0 radical (unpaired) electrons. The molecule has 2 aromatic carbocycles. The monoisotopic (exact) mass is 565 g/mol. The van der Waals surface area contributed by atoms with Crippen LogP contribution in [0.3, 0.4) is 0 Å². The van der Waals surface area contributed by atoms with Gasteiger partial charge in [-0.15, -0.1) is 0 Å². The van der Waals surface area contributed by atoms with Gasteiger partial charge < -0.3 is 9.47 Å². The van der Waals surface area contributed by atoms with E-state index >= 15 is 0 Å². The number of aromatic nitrogens is 2. The molecule has 7 nitrogen and oxygen atoms in total. The van der Waals surface area contributed by atoms with Crippen LogP contribution < -0.4 is 15.0 Å². The number of benzene rings is 2. The summed E-state index contributed by atoms with van der Waals surface area (Å²) in [6, 6.07) is 18.1. The molecule has 0 unspecified atom stereocenters. The number of carbonyl (C=O) groups excluding carboxylic acids is 1. The Labute approximate surface area is 230 Å². The zero-order chi connectivity index (χ0) is 25.5. The number of fused-ring (bicyclic) bond motifs is 2. The fourth-order valence-corrected chi connectivity index (χ4v) is 6.14. The van der Waals surface area contributed by atoms with Crippen molar-refractivity contribution >= 4 is 69.3 Å². The van der Waals surface area contributed by atoms with Crippen LogP contribution in [0.1, 0.15) is 11.1 Å². The Morgan fingerprint density at radius 2 is 1.89 bits per heavy atom. The molecule has 0 saturated carbocycles. The minimum atomic E-state index is -0.275. The van der Waals surface area contributed by atoms with E-state index in [0.717, 1.165) is 22.2 Å². The van der Waals surface area contributed by atoms with E-state index in [9.17, 15) is 9.59 Å². The quantitative estimate of drug-likeness (QED) is 0.175. The van der Waals surface area contributed by atoms with Gasteiger partial charge in [0.2, 0.25) is 6.79 Å². The summed E-state index contributed by atoms with van der Waals surface area (Å²) in [5, 5.41) is 1.10. The molecule has 0 bridgehead atoms. The summed E-state index contributed by atoms with van der Waals surface area (Å²) < 4.78 is 12.7. The number of ether oxygens (including phenoxy) is 2. The number of hydrogen-bond donors (Lipinski definition) is 0. The van der Waals surface area contributed by atoms with Crippen molar-refractivity contribution in [2.45, 2.75) is 16.5 Å². The van der Waals surface area contributed by atoms with Gasteiger partial charge in [-0.3, -0.25) is 18.9 Å². The Hall–Kier alpha value is -3.31. The van der Waals surface area contributed by atoms with E-state index in [-0.39, 0.29) is 24.8 Å². The largest absolute Gasteiger partial charge is 0.454 e. The maximum Gasteiger partial charge on any atom is 0.266 e. The molecule has 1 fully saturated rings. The van der Waals surface area contributed by atoms with Gasteiger partial charge in [-0.05, 0) is 60.2 Å². The van der Waals surface area contributed by atoms with E-state index in [1.54, 1.807) is 36.5 Å². The first-order valence-electron chi connectivity index (χ1n) is 11.0. The number of halogens is 1. The van der Waals surface area contributed by atoms with Crippen LogP contribution in [0.25, 0.3) is 11.7 Å². The number of thioether (sulfide) groups is 1. The second-order valence-electron chi connectivity index (χ2n) is 8.08. The third-order valence-electron chi connectivity index (χ3n) is 5.69. The fraction of sp³-hybridized carbons (Fsp3) is 0.0769. The van der Waals surface area contributed by atoms with Crippen molar-refractivity contribution in [1.82, 2.24) is 14.3 Å². The summed E-state index contributed by atoms with van der Waals surface area (Å²) in [6.45, 7) is 0.453. The molecule has 2 aliphatic heterocycles. The van der Waals surface area contributed by atoms with Crippen molar-refractivity contribution in [1.29, 1.82) is 0 Å². The van der Waals surface area contributed by atoms with Crippen molar-refractivity contribution in [2.24, 2.45) is 0 Å². The summed E-state index contributed by atoms with van der Waals surface area (Å²) >= 11 is 14.1. The van der Waals surface area contributed by atoms with Gasteiger partial charge in [0.1, 0.15) is 15.0 Å². The smallest absolute Gasteiger partial charge is 0.266 e. The highest BCUT2D eigenvalue weighted by Crippen LogP contribution is 2.37. The molecule has 2 aliphatic rings. The zero-order valence-corrected chi connectivity index (χ0v) is 22.1. The molecule has 1 saturated heterocycles. The van der Waals surface area contributed by atoms with E-state index in [1.165, 1.54) is 21.1 Å². The average molecular weight is 566 g/mol. The third-order valence-corrected chi connectivity index (χ3v) is 8.33. The van der Waals surface area contributed by atoms with Gasteiger partial charge in [0.25, 0.3) is 11.5 Å². The summed E-state index contributed by atoms with van der Waals surface area (Å²) in [5.41, 5.74) is 1.40. The highest BCUT2D eigenvalue weighted by atomic mass is 35.5. The molecule has 37 heavy (non-hydrogen) atoms. The fourth-order valence-electron chi connectivity index (χ4n) is 3.89. The van der Waals surface area contributed by atoms with E-state index in [1.807, 2.05) is 36.4 Å². The Bertz CT molecular complexity index is 1670. The van der Waals surface area contributed by atoms with E-state index < -0.39 is 0 Å². The number of carbonyl (C=O) groups is 1. The van der Waals surface area contributed by atoms with Gasteiger partial charge in [-0.1, -0.05) is 59.5 Å². The maximum absolute atomic E-state index is 13.5. The molecule has 4 aromatic rings. The van der Waals surface area contributed by atoms with Gasteiger partial charge in [0.05, 0.1) is 17.0 Å². The Morgan fingerprint density at radius 1 is 1.08 bits per heavy atom. The van der Waals surface area contributed by atoms with Crippen LogP contribution in [0, 0.1) is 0 Å². The Morgan fingerprint density at radius 3 is 2.73 bits per heavy atom. The molecule has 11 heteroatoms. The van der Waals surface area contributed by atoms with Crippen molar-refractivity contribution in [2.75, 3.05) is 6.79 Å². The lowest BCUT2D eigenvalue weighted by atomic mass is 10.2. The van der Waals surface area contributed by atoms with Gasteiger partial charge in [0.15, 0.2) is 11.5 Å². The first-order valence-corrected chi connectivity index (χ1v) is 13.5. The van der Waals surface area contributed by atoms with Crippen LogP contribution in [0.2, 0.25) is 5.02 Å². The lowest BCUT2D eigenvalue weighted by Crippen LogP contribution is -2.27. The van der Waals surface area contributed by atoms with Crippen LogP contribution in [-0.2, 0) is 11.3 Å². The third kappa shape index (κ3) is 4.73. The molecule has 0 atom stereocenters. The number of amides is 1. The highest BCUT2D eigenvalue weighted by molar-refractivity contribution is 8.26. The second-order valence-corrected chi connectivity index (χ2v) is 11.3. The Kier molecular flexibility index (Phi) is 6.41. The van der Waals surface area contributed by atoms with Crippen LogP contribution >= 0.6 is 47.3 Å². The lowest BCUT2D eigenvalue weighted by molar-refractivity contribution is -0.122. The van der Waals surface area contributed by atoms with Crippen LogP contribution in [0.5, 0.6) is 11.5 Å². The minimum absolute atomic E-state index is 0.175. The van der Waals surface area contributed by atoms with E-state index in [0.29, 0.717) is 42.0 Å². The Balaban J connectivity index is 1.36. The summed E-state index contributed by atoms with van der Waals surface area (Å²) in [7, 11) is 0. The summed E-state index contributed by atoms with van der Waals surface area (Å²) in [5.74, 6) is 1.04. The van der Waals surface area contributed by atoms with E-state index in [2.05, 4.69) is 0 Å². The number of rotatable bonds is 5. The molecule has 0 N–H and O–H groups in total. The first kappa shape index (κ1) is 24.1. The summed E-state index contributed by atoms with van der Waals surface area (Å²) in [4.78, 5) is 34.3. The molecular formula is C26H16ClN3O4S3. The minimum Gasteiger partial charge on any atom is -0.454 e. The molecule has 0 aliphatic carbocycles. The van der Waals surface area contributed by atoms with Crippen LogP contribution in [-0.4, -0.2) is 31.3 Å². The first-order chi connectivity index (χ1) is 18.0. The lowest BCUT2D eigenvalue weighted by Gasteiger charge is -2.14. The molecule has 4 heterocycles. The number of pyridine rings is 1. The van der Waals surface area contributed by atoms with Crippen molar-refractivity contribution in [3.8, 4) is 11.5 Å². The molecule has 6 rings (SSSR count). The highest BCUT2D eigenvalue weighted by Gasteiger charge is 2.33. The predicted molar refractivity (Wildman–Crippen MR) is 148 cm³/mol. The maximum atomic E-state index is 13.5. The van der Waals surface area contributed by atoms with Gasteiger partial charge >= 0.3 is 0 Å². The topological polar surface area (TPSA) is 73.1 Å². The standard InChI is InChI=1S/C26H16ClN3O4S3/c27-16-5-7-17(8-6-16)36-23-18(24(31)29-10-2-1-3-22(29)28-23)12-21-25(32)30(26(35)37-21)13-15-4-9-19-20(11-15)34-14-33-19/h1-12H,13-14H2. The molecule has 1 amide bonds. The van der Waals surface area contributed by atoms with Crippen LogP contribution in [0.4, 0.5) is 0 Å². The molecule has 2 aromatic heterocycles. The van der Waals surface area contributed by atoms with Gasteiger partial charge in [-0.25, -0.2) is 4.98 Å². The molecule has 0 spiro atoms. The van der Waals surface area contributed by atoms with Crippen molar-refractivity contribution < 1.29 is 14.3 Å². The predicted octanol–water partition coefficient (Wildman–Crippen LogP) is 5.63. The second kappa shape index (κ2) is 9.86. The van der Waals surface area contributed by atoms with Gasteiger partial charge in [0, 0.05) is 16.1 Å². The normalized spacial score (nSPS) is 15.8. The van der Waals surface area contributed by atoms with Crippen LogP contribution in [0.15, 0.2) is 86.5 Å². The van der Waals surface area contributed by atoms with E-state index in [4.69, 9.17) is 38.3 Å². The van der Waals surface area contributed by atoms with Gasteiger partial charge in [-0.2, -0.15) is 0 Å². The molecule has 184 valence electrons. The molecular weight excluding hydrogens is 550 g/mol. The summed E-state index contributed by atoms with van der Waals surface area (Å²) in [6.07, 6.45) is 3.25. The number of hydrogen-bond acceptors (Lipinski definition) is 8. The van der Waals surface area contributed by atoms with Crippen molar-refractivity contribution in [3.05, 3.63) is 98.3 Å². The van der Waals surface area contributed by atoms with Crippen molar-refractivity contribution in [3.63, 3.8) is 0 Å². The number of thiocarbonyl (C=S) groups is 1. The average Bonchev–Trinajstić information content (AvgIpc) is 3.47. The zero-order valence-electron chi connectivity index (χ0n) is 18.9.